The van der Waals surface area contributed by atoms with Gasteiger partial charge < -0.3 is 15.0 Å². The molecular weight excluding hydrogens is 224 g/mol. The van der Waals surface area contributed by atoms with Crippen LogP contribution in [0.15, 0.2) is 18.2 Å². The molecule has 1 aromatic heterocycles. The van der Waals surface area contributed by atoms with E-state index < -0.39 is 0 Å². The van der Waals surface area contributed by atoms with Crippen molar-refractivity contribution >= 4 is 23.3 Å². The lowest BCUT2D eigenvalue weighted by Gasteiger charge is -2.12. The van der Waals surface area contributed by atoms with Crippen molar-refractivity contribution in [1.29, 1.82) is 0 Å². The van der Waals surface area contributed by atoms with E-state index in [0.29, 0.717) is 0 Å². The third-order valence-electron chi connectivity index (χ3n) is 3.06. The van der Waals surface area contributed by atoms with Crippen LogP contribution in [0.1, 0.15) is 11.3 Å². The van der Waals surface area contributed by atoms with Crippen molar-refractivity contribution in [3.63, 3.8) is 0 Å². The molecule has 0 saturated carbocycles. The molecule has 0 fully saturated rings. The molecule has 3 nitrogen and oxygen atoms in total. The Hall–Kier alpha value is -1.19. The molecule has 16 heavy (non-hydrogen) atoms. The van der Waals surface area contributed by atoms with Crippen LogP contribution in [0.3, 0.4) is 0 Å². The van der Waals surface area contributed by atoms with Crippen LogP contribution in [0.4, 0.5) is 0 Å². The highest BCUT2D eigenvalue weighted by atomic mass is 35.5. The van der Waals surface area contributed by atoms with E-state index in [4.69, 9.17) is 4.74 Å². The summed E-state index contributed by atoms with van der Waals surface area (Å²) in [6.45, 7) is 2.02. The number of rotatable bonds is 1. The molecule has 1 aliphatic heterocycles. The molecule has 86 valence electrons. The van der Waals surface area contributed by atoms with Crippen LogP contribution in [0.25, 0.3) is 10.9 Å². The summed E-state index contributed by atoms with van der Waals surface area (Å²) >= 11 is 0. The first-order valence-corrected chi connectivity index (χ1v) is 5.27. The molecule has 0 bridgehead atoms. The van der Waals surface area contributed by atoms with Gasteiger partial charge in [0.1, 0.15) is 5.75 Å². The van der Waals surface area contributed by atoms with Crippen molar-refractivity contribution in [3.8, 4) is 5.75 Å². The molecule has 0 unspecified atom stereocenters. The fraction of sp³-hybridized carbons (Fsp3) is 0.333. The Bertz CT molecular complexity index is 507. The molecule has 0 amide bonds. The third-order valence-corrected chi connectivity index (χ3v) is 3.06. The number of halogens is 1. The molecule has 0 atom stereocenters. The highest BCUT2D eigenvalue weighted by molar-refractivity contribution is 5.89. The SMILES string of the molecule is COc1cccc2c3c([nH]c12)CCNC3.Cl. The second-order valence-corrected chi connectivity index (χ2v) is 3.89. The number of hydrogen-bond acceptors (Lipinski definition) is 2. The molecule has 0 aliphatic carbocycles. The number of nitrogens with one attached hydrogen (secondary N) is 2. The van der Waals surface area contributed by atoms with Gasteiger partial charge in [0, 0.05) is 30.6 Å². The monoisotopic (exact) mass is 238 g/mol. The van der Waals surface area contributed by atoms with E-state index in [0.717, 1.165) is 30.8 Å². The molecule has 1 aliphatic rings. The van der Waals surface area contributed by atoms with Gasteiger partial charge in [-0.2, -0.15) is 0 Å². The standard InChI is InChI=1S/C12H14N2O.ClH/c1-15-11-4-2-3-8-9-7-13-6-5-10(9)14-12(8)11;/h2-4,13-14H,5-7H2,1H3;1H. The van der Waals surface area contributed by atoms with Crippen LogP contribution >= 0.6 is 12.4 Å². The minimum absolute atomic E-state index is 0. The number of ether oxygens (including phenoxy) is 1. The zero-order valence-electron chi connectivity index (χ0n) is 9.17. The summed E-state index contributed by atoms with van der Waals surface area (Å²) in [6.07, 6.45) is 1.08. The maximum atomic E-state index is 5.35. The van der Waals surface area contributed by atoms with E-state index in [2.05, 4.69) is 16.4 Å². The average Bonchev–Trinajstić information content (AvgIpc) is 2.67. The normalized spacial score (nSPS) is 14.3. The average molecular weight is 239 g/mol. The number of aromatic nitrogens is 1. The summed E-state index contributed by atoms with van der Waals surface area (Å²) < 4.78 is 5.35. The van der Waals surface area contributed by atoms with Gasteiger partial charge in [-0.3, -0.25) is 0 Å². The van der Waals surface area contributed by atoms with Crippen LogP contribution in [-0.4, -0.2) is 18.6 Å². The first-order valence-electron chi connectivity index (χ1n) is 5.27. The van der Waals surface area contributed by atoms with E-state index in [1.807, 2.05) is 12.1 Å². The van der Waals surface area contributed by atoms with Crippen LogP contribution < -0.4 is 10.1 Å². The van der Waals surface area contributed by atoms with Gasteiger partial charge in [-0.05, 0) is 11.6 Å². The Kier molecular flexibility index (Phi) is 3.08. The predicted molar refractivity (Wildman–Crippen MR) is 67.5 cm³/mol. The molecule has 0 spiro atoms. The zero-order valence-corrected chi connectivity index (χ0v) is 9.99. The van der Waals surface area contributed by atoms with Crippen molar-refractivity contribution in [2.75, 3.05) is 13.7 Å². The van der Waals surface area contributed by atoms with Crippen molar-refractivity contribution in [1.82, 2.24) is 10.3 Å². The van der Waals surface area contributed by atoms with E-state index in [-0.39, 0.29) is 12.4 Å². The second-order valence-electron chi connectivity index (χ2n) is 3.89. The molecule has 4 heteroatoms. The first kappa shape index (κ1) is 11.3. The van der Waals surface area contributed by atoms with E-state index in [1.165, 1.54) is 16.6 Å². The van der Waals surface area contributed by atoms with Crippen LogP contribution in [0.5, 0.6) is 5.75 Å². The van der Waals surface area contributed by atoms with Crippen LogP contribution in [0.2, 0.25) is 0 Å². The Morgan fingerprint density at radius 2 is 2.19 bits per heavy atom. The Morgan fingerprint density at radius 1 is 1.31 bits per heavy atom. The molecular formula is C12H15ClN2O. The molecule has 1 aromatic carbocycles. The van der Waals surface area contributed by atoms with Gasteiger partial charge >= 0.3 is 0 Å². The molecule has 2 N–H and O–H groups in total. The highest BCUT2D eigenvalue weighted by Crippen LogP contribution is 2.30. The Labute approximate surface area is 101 Å². The number of fused-ring (bicyclic) bond motifs is 3. The largest absolute Gasteiger partial charge is 0.495 e. The van der Waals surface area contributed by atoms with Gasteiger partial charge in [-0.1, -0.05) is 12.1 Å². The lowest BCUT2D eigenvalue weighted by molar-refractivity contribution is 0.419. The van der Waals surface area contributed by atoms with Gasteiger partial charge in [0.05, 0.1) is 12.6 Å². The smallest absolute Gasteiger partial charge is 0.142 e. The lowest BCUT2D eigenvalue weighted by Crippen LogP contribution is -2.22. The number of aromatic amines is 1. The summed E-state index contributed by atoms with van der Waals surface area (Å²) in [5.41, 5.74) is 3.89. The fourth-order valence-corrected chi connectivity index (χ4v) is 2.31. The number of hydrogen-bond donors (Lipinski definition) is 2. The molecule has 3 rings (SSSR count). The maximum Gasteiger partial charge on any atom is 0.142 e. The van der Waals surface area contributed by atoms with Crippen LogP contribution in [-0.2, 0) is 13.0 Å². The van der Waals surface area contributed by atoms with Gasteiger partial charge in [-0.25, -0.2) is 0 Å². The van der Waals surface area contributed by atoms with Crippen molar-refractivity contribution in [2.45, 2.75) is 13.0 Å². The summed E-state index contributed by atoms with van der Waals surface area (Å²) in [5.74, 6) is 0.932. The molecule has 2 aromatic rings. The van der Waals surface area contributed by atoms with Gasteiger partial charge in [0.25, 0.3) is 0 Å². The van der Waals surface area contributed by atoms with Crippen molar-refractivity contribution < 1.29 is 4.74 Å². The molecule has 0 radical (unpaired) electrons. The molecule has 0 saturated heterocycles. The van der Waals surface area contributed by atoms with Gasteiger partial charge in [0.2, 0.25) is 0 Å². The lowest BCUT2D eigenvalue weighted by atomic mass is 10.1. The van der Waals surface area contributed by atoms with E-state index in [1.54, 1.807) is 7.11 Å². The third kappa shape index (κ3) is 1.56. The van der Waals surface area contributed by atoms with E-state index >= 15 is 0 Å². The Balaban J connectivity index is 0.000000963. The fourth-order valence-electron chi connectivity index (χ4n) is 2.31. The summed E-state index contributed by atoms with van der Waals surface area (Å²) in [4.78, 5) is 3.47. The number of para-hydroxylation sites is 1. The molecule has 2 heterocycles. The first-order chi connectivity index (χ1) is 7.40. The number of H-pyrrole nitrogens is 1. The number of benzene rings is 1. The Morgan fingerprint density at radius 3 is 3.00 bits per heavy atom. The van der Waals surface area contributed by atoms with Crippen LogP contribution in [0, 0.1) is 0 Å². The number of methoxy groups -OCH3 is 1. The summed E-state index contributed by atoms with van der Waals surface area (Å²) in [6, 6.07) is 6.20. The highest BCUT2D eigenvalue weighted by Gasteiger charge is 2.16. The minimum atomic E-state index is 0. The maximum absolute atomic E-state index is 5.35. The van der Waals surface area contributed by atoms with Gasteiger partial charge in [0.15, 0.2) is 0 Å². The minimum Gasteiger partial charge on any atom is -0.495 e. The van der Waals surface area contributed by atoms with Gasteiger partial charge in [-0.15, -0.1) is 12.4 Å². The van der Waals surface area contributed by atoms with E-state index in [9.17, 15) is 0 Å². The van der Waals surface area contributed by atoms with Crippen molar-refractivity contribution in [3.05, 3.63) is 29.5 Å². The quantitative estimate of drug-likeness (QED) is 0.800. The zero-order chi connectivity index (χ0) is 10.3. The van der Waals surface area contributed by atoms with Crippen molar-refractivity contribution in [2.24, 2.45) is 0 Å². The predicted octanol–water partition coefficient (Wildman–Crippen LogP) is 2.24. The summed E-state index contributed by atoms with van der Waals surface area (Å²) in [5, 5.41) is 4.68. The topological polar surface area (TPSA) is 37.0 Å². The second kappa shape index (κ2) is 4.36. The summed E-state index contributed by atoms with van der Waals surface area (Å²) in [7, 11) is 1.72.